The third kappa shape index (κ3) is 2.80. The fraction of sp³-hybridized carbons (Fsp3) is 0.294. The standard InChI is InChI=1S/C17H21N/c1-13-8-7-11-16(14(13)2)17(18-3)12-15-9-5-4-6-10-15/h4-11,17-18H,12H2,1-3H3. The summed E-state index contributed by atoms with van der Waals surface area (Å²) >= 11 is 0. The van der Waals surface area contributed by atoms with Crippen LogP contribution in [0.3, 0.4) is 0 Å². The van der Waals surface area contributed by atoms with Gasteiger partial charge in [0.2, 0.25) is 0 Å². The van der Waals surface area contributed by atoms with Gasteiger partial charge in [-0.25, -0.2) is 0 Å². The minimum absolute atomic E-state index is 0.382. The maximum absolute atomic E-state index is 3.43. The molecule has 18 heavy (non-hydrogen) atoms. The molecule has 1 heteroatoms. The van der Waals surface area contributed by atoms with E-state index in [1.807, 2.05) is 7.05 Å². The van der Waals surface area contributed by atoms with Crippen molar-refractivity contribution >= 4 is 0 Å². The van der Waals surface area contributed by atoms with Gasteiger partial charge in [0.1, 0.15) is 0 Å². The van der Waals surface area contributed by atoms with Gasteiger partial charge in [-0.1, -0.05) is 48.5 Å². The molecule has 0 fully saturated rings. The first-order chi connectivity index (χ1) is 8.72. The molecule has 0 heterocycles. The van der Waals surface area contributed by atoms with Crippen LogP contribution in [0.15, 0.2) is 48.5 Å². The van der Waals surface area contributed by atoms with E-state index in [0.29, 0.717) is 6.04 Å². The van der Waals surface area contributed by atoms with Crippen LogP contribution in [0.4, 0.5) is 0 Å². The lowest BCUT2D eigenvalue weighted by Gasteiger charge is -2.20. The first-order valence-corrected chi connectivity index (χ1v) is 6.49. The van der Waals surface area contributed by atoms with Crippen LogP contribution >= 0.6 is 0 Å². The molecule has 0 saturated heterocycles. The molecule has 0 amide bonds. The van der Waals surface area contributed by atoms with Gasteiger partial charge < -0.3 is 5.32 Å². The number of nitrogens with one attached hydrogen (secondary N) is 1. The van der Waals surface area contributed by atoms with Gasteiger partial charge in [0.15, 0.2) is 0 Å². The highest BCUT2D eigenvalue weighted by atomic mass is 14.9. The summed E-state index contributed by atoms with van der Waals surface area (Å²) in [5.41, 5.74) is 5.53. The zero-order chi connectivity index (χ0) is 13.0. The lowest BCUT2D eigenvalue weighted by molar-refractivity contribution is 0.588. The van der Waals surface area contributed by atoms with E-state index in [1.165, 1.54) is 22.3 Å². The summed E-state index contributed by atoms with van der Waals surface area (Å²) in [7, 11) is 2.04. The summed E-state index contributed by atoms with van der Waals surface area (Å²) < 4.78 is 0. The molecule has 1 unspecified atom stereocenters. The Kier molecular flexibility index (Phi) is 4.16. The second-order valence-electron chi connectivity index (χ2n) is 4.82. The maximum atomic E-state index is 3.43. The molecule has 0 aromatic heterocycles. The van der Waals surface area contributed by atoms with Gasteiger partial charge in [-0.3, -0.25) is 0 Å². The van der Waals surface area contributed by atoms with E-state index in [2.05, 4.69) is 67.7 Å². The van der Waals surface area contributed by atoms with Gasteiger partial charge in [-0.15, -0.1) is 0 Å². The van der Waals surface area contributed by atoms with Crippen molar-refractivity contribution in [3.63, 3.8) is 0 Å². The molecule has 1 nitrogen and oxygen atoms in total. The number of rotatable bonds is 4. The van der Waals surface area contributed by atoms with Crippen molar-refractivity contribution in [2.75, 3.05) is 7.05 Å². The zero-order valence-corrected chi connectivity index (χ0v) is 11.4. The third-order valence-corrected chi connectivity index (χ3v) is 3.65. The molecule has 0 saturated carbocycles. The SMILES string of the molecule is CNC(Cc1ccccc1)c1cccc(C)c1C. The van der Waals surface area contributed by atoms with Gasteiger partial charge >= 0.3 is 0 Å². The highest BCUT2D eigenvalue weighted by Gasteiger charge is 2.12. The van der Waals surface area contributed by atoms with Crippen LogP contribution in [0.5, 0.6) is 0 Å². The van der Waals surface area contributed by atoms with Crippen LogP contribution in [0.25, 0.3) is 0 Å². The van der Waals surface area contributed by atoms with Crippen LogP contribution in [0, 0.1) is 13.8 Å². The van der Waals surface area contributed by atoms with E-state index in [0.717, 1.165) is 6.42 Å². The topological polar surface area (TPSA) is 12.0 Å². The summed E-state index contributed by atoms with van der Waals surface area (Å²) in [5.74, 6) is 0. The van der Waals surface area contributed by atoms with Crippen molar-refractivity contribution in [1.82, 2.24) is 5.32 Å². The van der Waals surface area contributed by atoms with Crippen molar-refractivity contribution in [2.24, 2.45) is 0 Å². The van der Waals surface area contributed by atoms with Crippen molar-refractivity contribution in [3.8, 4) is 0 Å². The van der Waals surface area contributed by atoms with E-state index in [1.54, 1.807) is 0 Å². The first-order valence-electron chi connectivity index (χ1n) is 6.49. The Morgan fingerprint density at radius 3 is 2.33 bits per heavy atom. The molecular formula is C17H21N. The summed E-state index contributed by atoms with van der Waals surface area (Å²) in [5, 5.41) is 3.43. The Morgan fingerprint density at radius 2 is 1.67 bits per heavy atom. The van der Waals surface area contributed by atoms with Crippen LogP contribution in [-0.2, 0) is 6.42 Å². The molecular weight excluding hydrogens is 218 g/mol. The molecule has 0 aliphatic heterocycles. The van der Waals surface area contributed by atoms with Gasteiger partial charge in [0.25, 0.3) is 0 Å². The second-order valence-corrected chi connectivity index (χ2v) is 4.82. The van der Waals surface area contributed by atoms with Gasteiger partial charge in [-0.2, -0.15) is 0 Å². The monoisotopic (exact) mass is 239 g/mol. The smallest absolute Gasteiger partial charge is 0.0361 e. The highest BCUT2D eigenvalue weighted by Crippen LogP contribution is 2.23. The van der Waals surface area contributed by atoms with E-state index in [4.69, 9.17) is 0 Å². The summed E-state index contributed by atoms with van der Waals surface area (Å²) in [4.78, 5) is 0. The molecule has 0 radical (unpaired) electrons. The average molecular weight is 239 g/mol. The number of hydrogen-bond donors (Lipinski definition) is 1. The Labute approximate surface area is 110 Å². The molecule has 1 N–H and O–H groups in total. The summed E-state index contributed by atoms with van der Waals surface area (Å²) in [6.07, 6.45) is 1.03. The van der Waals surface area contributed by atoms with E-state index in [-0.39, 0.29) is 0 Å². The number of likely N-dealkylation sites (N-methyl/N-ethyl adjacent to an activating group) is 1. The van der Waals surface area contributed by atoms with Crippen LogP contribution in [0.1, 0.15) is 28.3 Å². The van der Waals surface area contributed by atoms with E-state index in [9.17, 15) is 0 Å². The largest absolute Gasteiger partial charge is 0.313 e. The molecule has 0 bridgehead atoms. The van der Waals surface area contributed by atoms with Crippen molar-refractivity contribution in [2.45, 2.75) is 26.3 Å². The summed E-state index contributed by atoms with van der Waals surface area (Å²) in [6.45, 7) is 4.38. The molecule has 2 aromatic rings. The normalized spacial score (nSPS) is 12.4. The maximum Gasteiger partial charge on any atom is 0.0361 e. The molecule has 0 spiro atoms. The molecule has 94 valence electrons. The first kappa shape index (κ1) is 12.8. The predicted molar refractivity (Wildman–Crippen MR) is 77.9 cm³/mol. The highest BCUT2D eigenvalue weighted by molar-refractivity contribution is 5.36. The number of hydrogen-bond acceptors (Lipinski definition) is 1. The van der Waals surface area contributed by atoms with Gasteiger partial charge in [0.05, 0.1) is 0 Å². The van der Waals surface area contributed by atoms with Crippen molar-refractivity contribution in [1.29, 1.82) is 0 Å². The van der Waals surface area contributed by atoms with Gasteiger partial charge in [0, 0.05) is 6.04 Å². The Hall–Kier alpha value is -1.60. The molecule has 2 rings (SSSR count). The third-order valence-electron chi connectivity index (χ3n) is 3.65. The quantitative estimate of drug-likeness (QED) is 0.855. The Balaban J connectivity index is 2.26. The molecule has 1 atom stereocenters. The van der Waals surface area contributed by atoms with Crippen molar-refractivity contribution < 1.29 is 0 Å². The van der Waals surface area contributed by atoms with Crippen molar-refractivity contribution in [3.05, 3.63) is 70.8 Å². The number of benzene rings is 2. The zero-order valence-electron chi connectivity index (χ0n) is 11.4. The van der Waals surface area contributed by atoms with Crippen LogP contribution < -0.4 is 5.32 Å². The molecule has 0 aliphatic rings. The van der Waals surface area contributed by atoms with Crippen LogP contribution in [0.2, 0.25) is 0 Å². The average Bonchev–Trinajstić information content (AvgIpc) is 2.41. The van der Waals surface area contributed by atoms with Crippen LogP contribution in [-0.4, -0.2) is 7.05 Å². The predicted octanol–water partition coefficient (Wildman–Crippen LogP) is 3.81. The minimum Gasteiger partial charge on any atom is -0.313 e. The van der Waals surface area contributed by atoms with Gasteiger partial charge in [-0.05, 0) is 49.6 Å². The second kappa shape index (κ2) is 5.83. The molecule has 0 aliphatic carbocycles. The number of aryl methyl sites for hydroxylation is 1. The summed E-state index contributed by atoms with van der Waals surface area (Å²) in [6, 6.07) is 17.6. The lowest BCUT2D eigenvalue weighted by Crippen LogP contribution is -2.20. The fourth-order valence-corrected chi connectivity index (χ4v) is 2.37. The lowest BCUT2D eigenvalue weighted by atomic mass is 9.93. The van der Waals surface area contributed by atoms with E-state index < -0.39 is 0 Å². The minimum atomic E-state index is 0.382. The fourth-order valence-electron chi connectivity index (χ4n) is 2.37. The Bertz CT molecular complexity index is 502. The molecule has 2 aromatic carbocycles. The Morgan fingerprint density at radius 1 is 0.944 bits per heavy atom. The van der Waals surface area contributed by atoms with E-state index >= 15 is 0 Å².